The van der Waals surface area contributed by atoms with Crippen molar-refractivity contribution >= 4 is 27.8 Å². The summed E-state index contributed by atoms with van der Waals surface area (Å²) in [6, 6.07) is 48.0. The molecule has 8 aromatic rings. The summed E-state index contributed by atoms with van der Waals surface area (Å²) < 4.78 is 28.0. The number of imidazole rings is 1. The van der Waals surface area contributed by atoms with Gasteiger partial charge in [0.25, 0.3) is 12.3 Å². The molecule has 0 aliphatic heterocycles. The fraction of sp³-hybridized carbons (Fsp3) is 0.136. The maximum Gasteiger partial charge on any atom is 0.287 e. The van der Waals surface area contributed by atoms with Gasteiger partial charge in [-0.2, -0.15) is 5.10 Å². The molecule has 268 valence electrons. The van der Waals surface area contributed by atoms with Crippen molar-refractivity contribution in [3.05, 3.63) is 186 Å². The van der Waals surface area contributed by atoms with Gasteiger partial charge < -0.3 is 15.6 Å². The third-order valence-corrected chi connectivity index (χ3v) is 9.86. The Hall–Kier alpha value is -6.52. The average Bonchev–Trinajstić information content (AvgIpc) is 3.81. The van der Waals surface area contributed by atoms with E-state index in [1.807, 2.05) is 72.8 Å². The monoisotopic (exact) mass is 717 g/mol. The number of rotatable bonds is 13. The zero-order valence-electron chi connectivity index (χ0n) is 29.2. The molecule has 0 spiro atoms. The van der Waals surface area contributed by atoms with Crippen LogP contribution in [0.1, 0.15) is 38.9 Å². The van der Waals surface area contributed by atoms with Crippen molar-refractivity contribution in [1.29, 1.82) is 0 Å². The van der Waals surface area contributed by atoms with E-state index in [1.54, 1.807) is 12.4 Å². The first-order valence-corrected chi connectivity index (χ1v) is 17.8. The van der Waals surface area contributed by atoms with E-state index in [4.69, 9.17) is 10.1 Å². The highest BCUT2D eigenvalue weighted by atomic mass is 19.3. The summed E-state index contributed by atoms with van der Waals surface area (Å²) in [6.45, 7) is 0.110. The number of nitrogens with one attached hydrogen (secondary N) is 3. The van der Waals surface area contributed by atoms with Crippen molar-refractivity contribution < 1.29 is 13.6 Å². The molecule has 1 amide bonds. The van der Waals surface area contributed by atoms with E-state index in [1.165, 1.54) is 0 Å². The number of carbonyl (C=O) groups excluding carboxylic acids is 1. The molecule has 3 aromatic heterocycles. The van der Waals surface area contributed by atoms with Crippen LogP contribution in [0.4, 0.5) is 8.78 Å². The lowest BCUT2D eigenvalue weighted by Gasteiger charge is -2.36. The molecule has 8 rings (SSSR count). The maximum absolute atomic E-state index is 13.7. The second-order valence-corrected chi connectivity index (χ2v) is 13.2. The van der Waals surface area contributed by atoms with Crippen LogP contribution in [-0.2, 0) is 12.0 Å². The fourth-order valence-electron chi connectivity index (χ4n) is 7.30. The van der Waals surface area contributed by atoms with Crippen molar-refractivity contribution in [3.63, 3.8) is 0 Å². The van der Waals surface area contributed by atoms with Crippen LogP contribution < -0.4 is 10.6 Å². The highest BCUT2D eigenvalue weighted by Gasteiger charge is 2.38. The van der Waals surface area contributed by atoms with Crippen LogP contribution in [-0.4, -0.2) is 50.2 Å². The number of hydrogen-bond donors (Lipinski definition) is 3. The van der Waals surface area contributed by atoms with Crippen molar-refractivity contribution in [2.75, 3.05) is 13.1 Å². The molecule has 3 heterocycles. The Morgan fingerprint density at radius 3 is 1.89 bits per heavy atom. The van der Waals surface area contributed by atoms with Gasteiger partial charge in [-0.05, 0) is 46.5 Å². The Bertz CT molecular complexity index is 2380. The van der Waals surface area contributed by atoms with E-state index in [2.05, 4.69) is 98.1 Å². The Morgan fingerprint density at radius 2 is 1.31 bits per heavy atom. The minimum absolute atomic E-state index is 0.115. The van der Waals surface area contributed by atoms with E-state index in [-0.39, 0.29) is 12.4 Å². The molecular weight excluding hydrogens is 681 g/mol. The minimum atomic E-state index is -2.51. The molecule has 3 N–H and O–H groups in total. The third-order valence-electron chi connectivity index (χ3n) is 9.86. The lowest BCUT2D eigenvalue weighted by atomic mass is 9.69. The molecule has 1 atom stereocenters. The number of hydrogen-bond acceptors (Lipinski definition) is 5. The number of pyridine rings is 1. The van der Waals surface area contributed by atoms with E-state index < -0.39 is 30.3 Å². The molecule has 5 aromatic carbocycles. The lowest BCUT2D eigenvalue weighted by Crippen LogP contribution is -2.37. The number of alkyl halides is 2. The molecule has 0 aliphatic rings. The molecule has 0 saturated heterocycles. The van der Waals surface area contributed by atoms with Crippen molar-refractivity contribution in [1.82, 2.24) is 35.4 Å². The first-order chi connectivity index (χ1) is 26.5. The normalized spacial score (nSPS) is 12.4. The summed E-state index contributed by atoms with van der Waals surface area (Å²) in [5.41, 5.74) is 7.29. The zero-order valence-corrected chi connectivity index (χ0v) is 29.2. The number of amides is 1. The minimum Gasteiger partial charge on any atom is -0.341 e. The predicted octanol–water partition coefficient (Wildman–Crippen LogP) is 8.34. The quantitative estimate of drug-likeness (QED) is 0.104. The van der Waals surface area contributed by atoms with Crippen LogP contribution in [0.25, 0.3) is 33.2 Å². The standard InChI is InChI=1S/C44H37F2N7O/c45-40(46)28-48-27-38(30-13-5-1-6-14-30)51-43(54)42-49-36-25-35-39(26-37(36)50-42)53(52-41(35)31-21-23-47-24-22-31)29-44(32-15-7-2-8-16-32,33-17-9-3-10-18-33)34-19-11-4-12-20-34/h1-26,38,40,48H,27-29H2,(H,49,50)(H,51,54)/t38-/m1/s1. The van der Waals surface area contributed by atoms with Gasteiger partial charge in [0, 0.05) is 29.9 Å². The maximum atomic E-state index is 13.7. The highest BCUT2D eigenvalue weighted by molar-refractivity contribution is 6.03. The topological polar surface area (TPSA) is 101 Å². The second-order valence-electron chi connectivity index (χ2n) is 13.2. The molecule has 8 nitrogen and oxygen atoms in total. The molecule has 0 bridgehead atoms. The number of aromatic nitrogens is 5. The van der Waals surface area contributed by atoms with Gasteiger partial charge in [0.05, 0.1) is 41.1 Å². The van der Waals surface area contributed by atoms with Gasteiger partial charge >= 0.3 is 0 Å². The summed E-state index contributed by atoms with van der Waals surface area (Å²) >= 11 is 0. The molecular formula is C44H37F2N7O. The number of aromatic amines is 1. The number of H-pyrrole nitrogens is 1. The first-order valence-electron chi connectivity index (χ1n) is 17.8. The number of benzene rings is 5. The van der Waals surface area contributed by atoms with Crippen LogP contribution in [0.2, 0.25) is 0 Å². The van der Waals surface area contributed by atoms with Crippen molar-refractivity contribution in [2.45, 2.75) is 24.4 Å². The van der Waals surface area contributed by atoms with E-state index in [0.717, 1.165) is 44.4 Å². The van der Waals surface area contributed by atoms with Gasteiger partial charge in [0.1, 0.15) is 5.69 Å². The highest BCUT2D eigenvalue weighted by Crippen LogP contribution is 2.42. The Balaban J connectivity index is 1.25. The fourth-order valence-corrected chi connectivity index (χ4v) is 7.30. The van der Waals surface area contributed by atoms with Gasteiger partial charge in [0.15, 0.2) is 5.82 Å². The summed E-state index contributed by atoms with van der Waals surface area (Å²) in [5, 5.41) is 11.9. The Morgan fingerprint density at radius 1 is 0.741 bits per heavy atom. The van der Waals surface area contributed by atoms with Gasteiger partial charge in [-0.25, -0.2) is 13.8 Å². The van der Waals surface area contributed by atoms with E-state index in [0.29, 0.717) is 17.6 Å². The summed E-state index contributed by atoms with van der Waals surface area (Å²) in [7, 11) is 0. The first kappa shape index (κ1) is 34.6. The molecule has 54 heavy (non-hydrogen) atoms. The molecule has 10 heteroatoms. The Labute approximate surface area is 310 Å². The van der Waals surface area contributed by atoms with Crippen LogP contribution in [0.5, 0.6) is 0 Å². The summed E-state index contributed by atoms with van der Waals surface area (Å²) in [6.07, 6.45) is 0.988. The zero-order chi connectivity index (χ0) is 36.9. The number of carbonyl (C=O) groups is 1. The van der Waals surface area contributed by atoms with E-state index in [9.17, 15) is 13.6 Å². The van der Waals surface area contributed by atoms with Crippen LogP contribution in [0.3, 0.4) is 0 Å². The van der Waals surface area contributed by atoms with Crippen molar-refractivity contribution in [2.24, 2.45) is 0 Å². The summed E-state index contributed by atoms with van der Waals surface area (Å²) in [4.78, 5) is 25.9. The second kappa shape index (κ2) is 15.2. The molecule has 0 fully saturated rings. The third kappa shape index (κ3) is 6.87. The number of halogens is 2. The number of nitrogens with zero attached hydrogens (tertiary/aromatic N) is 4. The van der Waals surface area contributed by atoms with Gasteiger partial charge in [-0.15, -0.1) is 0 Å². The van der Waals surface area contributed by atoms with Gasteiger partial charge in [-0.3, -0.25) is 14.5 Å². The average molecular weight is 718 g/mol. The summed E-state index contributed by atoms with van der Waals surface area (Å²) in [5.74, 6) is -0.334. The van der Waals surface area contributed by atoms with Crippen LogP contribution >= 0.6 is 0 Å². The van der Waals surface area contributed by atoms with Gasteiger partial charge in [0.2, 0.25) is 0 Å². The van der Waals surface area contributed by atoms with Crippen molar-refractivity contribution in [3.8, 4) is 11.3 Å². The van der Waals surface area contributed by atoms with E-state index >= 15 is 0 Å². The molecule has 0 aliphatic carbocycles. The lowest BCUT2D eigenvalue weighted by molar-refractivity contribution is 0.0925. The smallest absolute Gasteiger partial charge is 0.287 e. The molecule has 0 radical (unpaired) electrons. The number of fused-ring (bicyclic) bond motifs is 2. The molecule has 0 unspecified atom stereocenters. The SMILES string of the molecule is O=C(N[C@H](CNCC(F)F)c1ccccc1)c1nc2cc3c(-c4ccncc4)nn(CC(c4ccccc4)(c4ccccc4)c4ccccc4)c3cc2[nH]1. The van der Waals surface area contributed by atoms with Crippen LogP contribution in [0, 0.1) is 0 Å². The molecule has 0 saturated carbocycles. The van der Waals surface area contributed by atoms with Gasteiger partial charge in [-0.1, -0.05) is 121 Å². The van der Waals surface area contributed by atoms with Crippen LogP contribution in [0.15, 0.2) is 158 Å². The Kier molecular flexibility index (Phi) is 9.74. The predicted molar refractivity (Wildman–Crippen MR) is 207 cm³/mol. The largest absolute Gasteiger partial charge is 0.341 e.